The predicted molar refractivity (Wildman–Crippen MR) is 135 cm³/mol. The van der Waals surface area contributed by atoms with E-state index in [-0.39, 0.29) is 12.1 Å². The van der Waals surface area contributed by atoms with Crippen molar-refractivity contribution in [3.63, 3.8) is 0 Å². The summed E-state index contributed by atoms with van der Waals surface area (Å²) < 4.78 is 11.8. The fourth-order valence-electron chi connectivity index (χ4n) is 4.00. The largest absolute Gasteiger partial charge is 0.497 e. The molecule has 1 saturated heterocycles. The van der Waals surface area contributed by atoms with Crippen LogP contribution in [0, 0.1) is 0 Å². The summed E-state index contributed by atoms with van der Waals surface area (Å²) in [6.07, 6.45) is 1.77. The average Bonchev–Trinajstić information content (AvgIpc) is 3.46. The lowest BCUT2D eigenvalue weighted by Crippen LogP contribution is -2.29. The molecule has 1 N–H and O–H groups in total. The molecule has 166 valence electrons. The number of pyridine rings is 1. The first-order valence-electron chi connectivity index (χ1n) is 10.2. The molecule has 33 heavy (non-hydrogen) atoms. The minimum atomic E-state index is -0.268. The van der Waals surface area contributed by atoms with Crippen molar-refractivity contribution in [2.45, 2.75) is 12.1 Å². The maximum Gasteiger partial charge on any atom is 0.174 e. The molecule has 0 bridgehead atoms. The first kappa shape index (κ1) is 21.8. The molecule has 4 aromatic rings. The van der Waals surface area contributed by atoms with Gasteiger partial charge in [-0.3, -0.25) is 4.98 Å². The zero-order valence-corrected chi connectivity index (χ0v) is 19.9. The summed E-state index contributed by atoms with van der Waals surface area (Å²) in [7, 11) is 1.64. The van der Waals surface area contributed by atoms with Gasteiger partial charge in [0.1, 0.15) is 23.3 Å². The van der Waals surface area contributed by atoms with E-state index in [4.69, 9.17) is 44.6 Å². The quantitative estimate of drug-likeness (QED) is 0.306. The maximum absolute atomic E-state index is 6.35. The zero-order valence-electron chi connectivity index (χ0n) is 17.5. The molecule has 0 unspecified atom stereocenters. The van der Waals surface area contributed by atoms with E-state index in [1.54, 1.807) is 25.4 Å². The molecule has 3 heterocycles. The van der Waals surface area contributed by atoms with Crippen LogP contribution in [0.3, 0.4) is 0 Å². The lowest BCUT2D eigenvalue weighted by molar-refractivity contribution is 0.414. The molecule has 2 aromatic heterocycles. The molecule has 0 radical (unpaired) electrons. The van der Waals surface area contributed by atoms with E-state index in [9.17, 15) is 0 Å². The Morgan fingerprint density at radius 3 is 2.64 bits per heavy atom. The van der Waals surface area contributed by atoms with Gasteiger partial charge in [-0.1, -0.05) is 35.3 Å². The van der Waals surface area contributed by atoms with Gasteiger partial charge in [0.15, 0.2) is 5.11 Å². The minimum Gasteiger partial charge on any atom is -0.497 e. The fraction of sp³-hybridized carbons (Fsp3) is 0.120. The number of hydrogen-bond acceptors (Lipinski definition) is 4. The van der Waals surface area contributed by atoms with Gasteiger partial charge in [0, 0.05) is 23.5 Å². The third-order valence-corrected chi connectivity index (χ3v) is 6.61. The van der Waals surface area contributed by atoms with Crippen LogP contribution < -0.4 is 15.0 Å². The lowest BCUT2D eigenvalue weighted by Gasteiger charge is -2.26. The van der Waals surface area contributed by atoms with Gasteiger partial charge in [0.05, 0.1) is 28.9 Å². The first-order chi connectivity index (χ1) is 16.0. The number of nitrogens with zero attached hydrogens (tertiary/aromatic N) is 2. The van der Waals surface area contributed by atoms with Gasteiger partial charge in [-0.15, -0.1) is 0 Å². The summed E-state index contributed by atoms with van der Waals surface area (Å²) in [4.78, 5) is 6.61. The Kier molecular flexibility index (Phi) is 5.98. The molecular formula is C25H19Cl2N3O2S. The molecule has 5 rings (SSSR count). The summed E-state index contributed by atoms with van der Waals surface area (Å²) in [6, 6.07) is 22.4. The van der Waals surface area contributed by atoms with Crippen molar-refractivity contribution < 1.29 is 9.15 Å². The highest BCUT2D eigenvalue weighted by molar-refractivity contribution is 7.80. The van der Waals surface area contributed by atoms with E-state index in [2.05, 4.69) is 10.3 Å². The molecule has 2 aromatic carbocycles. The summed E-state index contributed by atoms with van der Waals surface area (Å²) in [6.45, 7) is 0. The Balaban J connectivity index is 1.60. The van der Waals surface area contributed by atoms with Crippen molar-refractivity contribution in [2.24, 2.45) is 0 Å². The third-order valence-electron chi connectivity index (χ3n) is 5.55. The zero-order chi connectivity index (χ0) is 22.9. The Bertz CT molecular complexity index is 1310. The summed E-state index contributed by atoms with van der Waals surface area (Å²) in [5, 5.41) is 4.98. The van der Waals surface area contributed by atoms with Gasteiger partial charge in [-0.05, 0) is 66.8 Å². The number of hydrogen-bond donors (Lipinski definition) is 1. The Labute approximate surface area is 206 Å². The summed E-state index contributed by atoms with van der Waals surface area (Å²) in [5.41, 5.74) is 2.59. The maximum atomic E-state index is 6.35. The van der Waals surface area contributed by atoms with Gasteiger partial charge in [-0.2, -0.15) is 0 Å². The number of rotatable bonds is 5. The van der Waals surface area contributed by atoms with E-state index in [1.165, 1.54) is 0 Å². The van der Waals surface area contributed by atoms with Crippen LogP contribution in [-0.4, -0.2) is 17.2 Å². The molecule has 0 aliphatic carbocycles. The van der Waals surface area contributed by atoms with Crippen LogP contribution in [0.25, 0.3) is 11.3 Å². The van der Waals surface area contributed by atoms with Gasteiger partial charge in [0.25, 0.3) is 0 Å². The molecule has 1 aliphatic rings. The third kappa shape index (κ3) is 4.17. The van der Waals surface area contributed by atoms with Gasteiger partial charge in [0.2, 0.25) is 0 Å². The molecule has 5 nitrogen and oxygen atoms in total. The highest BCUT2D eigenvalue weighted by atomic mass is 35.5. The molecule has 1 fully saturated rings. The van der Waals surface area contributed by atoms with Crippen molar-refractivity contribution in [1.29, 1.82) is 0 Å². The second-order valence-electron chi connectivity index (χ2n) is 7.53. The number of thiocarbonyl (C=S) groups is 1. The number of furan rings is 1. The smallest absolute Gasteiger partial charge is 0.174 e. The van der Waals surface area contributed by atoms with Crippen molar-refractivity contribution in [2.75, 3.05) is 12.0 Å². The van der Waals surface area contributed by atoms with E-state index in [1.807, 2.05) is 65.6 Å². The highest BCUT2D eigenvalue weighted by Gasteiger charge is 2.42. The topological polar surface area (TPSA) is 50.5 Å². The number of ether oxygens (including phenoxy) is 1. The molecule has 0 saturated carbocycles. The Hall–Kier alpha value is -3.06. The van der Waals surface area contributed by atoms with Gasteiger partial charge < -0.3 is 19.4 Å². The molecule has 1 aliphatic heterocycles. The van der Waals surface area contributed by atoms with E-state index < -0.39 is 0 Å². The van der Waals surface area contributed by atoms with Crippen LogP contribution in [-0.2, 0) is 0 Å². The molecule has 8 heteroatoms. The second kappa shape index (κ2) is 9.06. The van der Waals surface area contributed by atoms with Crippen molar-refractivity contribution in [3.05, 3.63) is 100 Å². The van der Waals surface area contributed by atoms with E-state index in [0.717, 1.165) is 28.5 Å². The number of benzene rings is 2. The normalized spacial score (nSPS) is 17.8. The van der Waals surface area contributed by atoms with E-state index in [0.29, 0.717) is 20.9 Å². The van der Waals surface area contributed by atoms with Gasteiger partial charge >= 0.3 is 0 Å². The molecule has 0 spiro atoms. The Morgan fingerprint density at radius 1 is 1.00 bits per heavy atom. The number of nitrogens with one attached hydrogen (secondary N) is 1. The SMILES string of the molecule is COc1cccc(N2C(=S)N[C@@H](c3ccccn3)[C@@H]2c2ccc(-c3ccc(Cl)c(Cl)c3)o2)c1. The van der Waals surface area contributed by atoms with E-state index >= 15 is 0 Å². The van der Waals surface area contributed by atoms with Crippen LogP contribution in [0.15, 0.2) is 83.4 Å². The molecule has 0 amide bonds. The Morgan fingerprint density at radius 2 is 1.88 bits per heavy atom. The first-order valence-corrected chi connectivity index (χ1v) is 11.4. The molecular weight excluding hydrogens is 477 g/mol. The number of halogens is 2. The van der Waals surface area contributed by atoms with Gasteiger partial charge in [-0.25, -0.2) is 0 Å². The average molecular weight is 496 g/mol. The minimum absolute atomic E-state index is 0.210. The lowest BCUT2D eigenvalue weighted by atomic mass is 10.0. The van der Waals surface area contributed by atoms with Crippen LogP contribution in [0.2, 0.25) is 10.0 Å². The fourth-order valence-corrected chi connectivity index (χ4v) is 4.64. The van der Waals surface area contributed by atoms with Crippen molar-refractivity contribution in [3.8, 4) is 17.1 Å². The number of methoxy groups -OCH3 is 1. The van der Waals surface area contributed by atoms with Crippen LogP contribution in [0.1, 0.15) is 23.5 Å². The van der Waals surface area contributed by atoms with Crippen LogP contribution >= 0.6 is 35.4 Å². The van der Waals surface area contributed by atoms with Crippen molar-refractivity contribution in [1.82, 2.24) is 10.3 Å². The number of anilines is 1. The monoisotopic (exact) mass is 495 g/mol. The van der Waals surface area contributed by atoms with Crippen LogP contribution in [0.5, 0.6) is 5.75 Å². The second-order valence-corrected chi connectivity index (χ2v) is 8.73. The highest BCUT2D eigenvalue weighted by Crippen LogP contribution is 2.43. The molecule has 2 atom stereocenters. The van der Waals surface area contributed by atoms with Crippen molar-refractivity contribution >= 4 is 46.2 Å². The number of aromatic nitrogens is 1. The summed E-state index contributed by atoms with van der Waals surface area (Å²) >= 11 is 18.1. The van der Waals surface area contributed by atoms with Crippen LogP contribution in [0.4, 0.5) is 5.69 Å². The summed E-state index contributed by atoms with van der Waals surface area (Å²) in [5.74, 6) is 2.17. The standard InChI is InChI=1S/C25H19Cl2N3O2S/c1-31-17-6-4-5-16(14-17)30-24(23(29-25(30)33)20-7-2-3-12-28-20)22-11-10-21(32-22)15-8-9-18(26)19(27)13-15/h2-14,23-24H,1H3,(H,29,33)/t23-,24-/m0/s1. The predicted octanol–water partition coefficient (Wildman–Crippen LogP) is 6.83.